The van der Waals surface area contributed by atoms with Gasteiger partial charge in [-0.1, -0.05) is 6.58 Å². The van der Waals surface area contributed by atoms with Crippen LogP contribution in [0.3, 0.4) is 0 Å². The summed E-state index contributed by atoms with van der Waals surface area (Å²) in [4.78, 5) is 26.9. The zero-order valence-corrected chi connectivity index (χ0v) is 12.4. The predicted octanol–water partition coefficient (Wildman–Crippen LogP) is 1.97. The molecule has 20 heavy (non-hydrogen) atoms. The predicted molar refractivity (Wildman–Crippen MR) is 75.9 cm³/mol. The summed E-state index contributed by atoms with van der Waals surface area (Å²) < 4.78 is 5.40. The van der Waals surface area contributed by atoms with Crippen molar-refractivity contribution in [2.24, 2.45) is 0 Å². The van der Waals surface area contributed by atoms with E-state index in [1.807, 2.05) is 31.6 Å². The molecule has 0 saturated carbocycles. The minimum Gasteiger partial charge on any atom is -0.444 e. The van der Waals surface area contributed by atoms with Gasteiger partial charge in [-0.05, 0) is 39.2 Å². The number of hydrogen-bond acceptors (Lipinski definition) is 4. The van der Waals surface area contributed by atoms with Crippen molar-refractivity contribution in [2.75, 3.05) is 19.6 Å². The van der Waals surface area contributed by atoms with Gasteiger partial charge in [0.15, 0.2) is 5.94 Å². The quantitative estimate of drug-likeness (QED) is 0.636. The second-order valence-corrected chi connectivity index (χ2v) is 6.37. The highest BCUT2D eigenvalue weighted by Crippen LogP contribution is 2.30. The van der Waals surface area contributed by atoms with Crippen molar-refractivity contribution in [2.45, 2.75) is 45.3 Å². The topological polar surface area (TPSA) is 49.9 Å². The molecule has 5 nitrogen and oxygen atoms in total. The van der Waals surface area contributed by atoms with Crippen LogP contribution in [0, 0.1) is 0 Å². The monoisotopic (exact) mass is 278 g/mol. The number of piperidine rings is 1. The van der Waals surface area contributed by atoms with Crippen LogP contribution in [-0.2, 0) is 9.53 Å². The lowest BCUT2D eigenvalue weighted by molar-refractivity contribution is 0.00680. The largest absolute Gasteiger partial charge is 0.444 e. The SMILES string of the molecule is C=C1CCC2CN(C(=O)OC(C)(C)C)CCN2C1=C=O. The van der Waals surface area contributed by atoms with Gasteiger partial charge in [0.05, 0.1) is 0 Å². The molecule has 2 saturated heterocycles. The first-order valence-electron chi connectivity index (χ1n) is 6.99. The van der Waals surface area contributed by atoms with E-state index in [1.54, 1.807) is 4.90 Å². The second-order valence-electron chi connectivity index (χ2n) is 6.37. The standard InChI is InChI=1S/C15H22N2O3/c1-11-5-6-12-9-16(14(19)20-15(2,3)4)7-8-17(12)13(11)10-18/h12H,1,5-9H2,2-4H3. The van der Waals surface area contributed by atoms with Gasteiger partial charge in [0.25, 0.3) is 0 Å². The molecule has 1 unspecified atom stereocenters. The summed E-state index contributed by atoms with van der Waals surface area (Å²) in [5.41, 5.74) is 0.940. The van der Waals surface area contributed by atoms with Gasteiger partial charge in [0, 0.05) is 25.7 Å². The fourth-order valence-corrected chi connectivity index (χ4v) is 2.68. The fourth-order valence-electron chi connectivity index (χ4n) is 2.68. The van der Waals surface area contributed by atoms with Gasteiger partial charge in [0.2, 0.25) is 0 Å². The molecule has 2 heterocycles. The summed E-state index contributed by atoms with van der Waals surface area (Å²) in [6.45, 7) is 11.3. The number of amides is 1. The summed E-state index contributed by atoms with van der Waals surface area (Å²) in [6, 6.07) is 0.165. The maximum absolute atomic E-state index is 12.1. The smallest absolute Gasteiger partial charge is 0.410 e. The van der Waals surface area contributed by atoms with E-state index in [2.05, 4.69) is 6.58 Å². The molecule has 1 atom stereocenters. The van der Waals surface area contributed by atoms with Crippen molar-refractivity contribution in [3.8, 4) is 0 Å². The van der Waals surface area contributed by atoms with Crippen LogP contribution in [0.1, 0.15) is 33.6 Å². The molecule has 110 valence electrons. The second kappa shape index (κ2) is 5.33. The number of carbonyl (C=O) groups excluding carboxylic acids is 2. The molecule has 2 aliphatic heterocycles. The lowest BCUT2D eigenvalue weighted by Gasteiger charge is -2.45. The molecule has 0 aliphatic carbocycles. The summed E-state index contributed by atoms with van der Waals surface area (Å²) >= 11 is 0. The van der Waals surface area contributed by atoms with Gasteiger partial charge in [-0.25, -0.2) is 9.59 Å². The Balaban J connectivity index is 2.04. The molecule has 2 aliphatic rings. The molecule has 0 aromatic heterocycles. The van der Waals surface area contributed by atoms with Crippen LogP contribution in [0.15, 0.2) is 17.8 Å². The molecule has 2 rings (SSSR count). The first-order valence-corrected chi connectivity index (χ1v) is 6.99. The van der Waals surface area contributed by atoms with Gasteiger partial charge >= 0.3 is 6.09 Å². The minimum atomic E-state index is -0.483. The molecular weight excluding hydrogens is 256 g/mol. The number of ether oxygens (including phenoxy) is 1. The Morgan fingerprint density at radius 1 is 1.40 bits per heavy atom. The van der Waals surface area contributed by atoms with Crippen LogP contribution in [0.2, 0.25) is 0 Å². The number of allylic oxidation sites excluding steroid dienone is 1. The van der Waals surface area contributed by atoms with E-state index in [-0.39, 0.29) is 12.1 Å². The summed E-state index contributed by atoms with van der Waals surface area (Å²) in [5, 5.41) is 0. The Morgan fingerprint density at radius 3 is 2.70 bits per heavy atom. The van der Waals surface area contributed by atoms with Gasteiger partial charge in [-0.3, -0.25) is 0 Å². The van der Waals surface area contributed by atoms with Crippen molar-refractivity contribution in [3.05, 3.63) is 17.8 Å². The average molecular weight is 278 g/mol. The molecular formula is C15H22N2O3. The maximum atomic E-state index is 12.1. The molecule has 0 spiro atoms. The number of piperazine rings is 1. The molecule has 5 heteroatoms. The van der Waals surface area contributed by atoms with Gasteiger partial charge in [-0.2, -0.15) is 0 Å². The number of rotatable bonds is 0. The highest BCUT2D eigenvalue weighted by molar-refractivity contribution is 5.68. The zero-order valence-electron chi connectivity index (χ0n) is 12.4. The summed E-state index contributed by atoms with van der Waals surface area (Å²) in [5.74, 6) is 1.99. The number of hydrogen-bond donors (Lipinski definition) is 0. The normalized spacial score (nSPS) is 23.2. The van der Waals surface area contributed by atoms with Crippen LogP contribution < -0.4 is 0 Å². The molecule has 2 fully saturated rings. The van der Waals surface area contributed by atoms with Crippen LogP contribution in [0.5, 0.6) is 0 Å². The third-order valence-corrected chi connectivity index (χ3v) is 3.63. The van der Waals surface area contributed by atoms with Gasteiger partial charge < -0.3 is 14.5 Å². The van der Waals surface area contributed by atoms with E-state index in [1.165, 1.54) is 0 Å². The van der Waals surface area contributed by atoms with Crippen LogP contribution in [0.4, 0.5) is 4.79 Å². The van der Waals surface area contributed by atoms with E-state index in [0.29, 0.717) is 25.3 Å². The van der Waals surface area contributed by atoms with E-state index in [9.17, 15) is 9.59 Å². The third-order valence-electron chi connectivity index (χ3n) is 3.63. The van der Waals surface area contributed by atoms with Gasteiger partial charge in [0.1, 0.15) is 11.3 Å². The molecule has 1 amide bonds. The summed E-state index contributed by atoms with van der Waals surface area (Å²) in [7, 11) is 0. The van der Waals surface area contributed by atoms with Crippen molar-refractivity contribution in [1.29, 1.82) is 0 Å². The number of carbonyl (C=O) groups is 1. The molecule has 0 aromatic carbocycles. The third kappa shape index (κ3) is 3.05. The highest BCUT2D eigenvalue weighted by Gasteiger charge is 2.36. The molecule has 0 bridgehead atoms. The van der Waals surface area contributed by atoms with E-state index in [4.69, 9.17) is 4.74 Å². The van der Waals surface area contributed by atoms with Crippen molar-refractivity contribution in [3.63, 3.8) is 0 Å². The lowest BCUT2D eigenvalue weighted by Crippen LogP contribution is -2.56. The average Bonchev–Trinajstić information content (AvgIpc) is 2.36. The van der Waals surface area contributed by atoms with Gasteiger partial charge in [-0.15, -0.1) is 0 Å². The Hall–Kier alpha value is -1.74. The zero-order chi connectivity index (χ0) is 14.9. The molecule has 0 N–H and O–H groups in total. The lowest BCUT2D eigenvalue weighted by atomic mass is 9.94. The van der Waals surface area contributed by atoms with E-state index >= 15 is 0 Å². The van der Waals surface area contributed by atoms with E-state index < -0.39 is 5.60 Å². The molecule has 0 aromatic rings. The van der Waals surface area contributed by atoms with Crippen molar-refractivity contribution >= 4 is 12.0 Å². The van der Waals surface area contributed by atoms with Crippen LogP contribution >= 0.6 is 0 Å². The highest BCUT2D eigenvalue weighted by atomic mass is 16.6. The summed E-state index contributed by atoms with van der Waals surface area (Å²) in [6.07, 6.45) is 1.41. The number of fused-ring (bicyclic) bond motifs is 1. The molecule has 0 radical (unpaired) electrons. The fraction of sp³-hybridized carbons (Fsp3) is 0.667. The Morgan fingerprint density at radius 2 is 2.10 bits per heavy atom. The van der Waals surface area contributed by atoms with Crippen LogP contribution in [0.25, 0.3) is 0 Å². The maximum Gasteiger partial charge on any atom is 0.410 e. The van der Waals surface area contributed by atoms with E-state index in [0.717, 1.165) is 18.4 Å². The Labute approximate surface area is 119 Å². The minimum absolute atomic E-state index is 0.165. The number of nitrogens with zero attached hydrogens (tertiary/aromatic N) is 2. The van der Waals surface area contributed by atoms with Crippen molar-refractivity contribution < 1.29 is 14.3 Å². The first-order chi connectivity index (χ1) is 9.31. The first kappa shape index (κ1) is 14.7. The Kier molecular flexibility index (Phi) is 3.91. The van der Waals surface area contributed by atoms with Crippen LogP contribution in [-0.4, -0.2) is 53.1 Å². The Bertz CT molecular complexity index is 472. The van der Waals surface area contributed by atoms with Crippen molar-refractivity contribution in [1.82, 2.24) is 9.80 Å².